The van der Waals surface area contributed by atoms with Crippen molar-refractivity contribution < 1.29 is 9.84 Å². The molecule has 3 nitrogen and oxygen atoms in total. The van der Waals surface area contributed by atoms with E-state index in [0.717, 1.165) is 0 Å². The summed E-state index contributed by atoms with van der Waals surface area (Å²) in [6.07, 6.45) is 0.754. The van der Waals surface area contributed by atoms with Crippen molar-refractivity contribution in [2.75, 3.05) is 0 Å². The van der Waals surface area contributed by atoms with E-state index < -0.39 is 6.29 Å². The SMILES string of the molecule is C=C[C@@H]1O[C@H](O)C(N)C1C. The molecule has 4 atom stereocenters. The van der Waals surface area contributed by atoms with Crippen LogP contribution in [0.4, 0.5) is 0 Å². The Bertz CT molecular complexity index is 138. The average Bonchev–Trinajstić information content (AvgIpc) is 2.17. The Morgan fingerprint density at radius 1 is 1.70 bits per heavy atom. The third-order valence-electron chi connectivity index (χ3n) is 1.98. The van der Waals surface area contributed by atoms with Crippen molar-refractivity contribution in [1.82, 2.24) is 0 Å². The standard InChI is InChI=1S/C7H13NO2/c1-3-5-4(2)6(8)7(9)10-5/h3-7,9H,1,8H2,2H3/t4?,5-,6?,7-/m0/s1. The minimum absolute atomic E-state index is 0.0926. The van der Waals surface area contributed by atoms with Gasteiger partial charge in [0, 0.05) is 5.92 Å². The Balaban J connectivity index is 2.61. The van der Waals surface area contributed by atoms with Crippen molar-refractivity contribution in [3.05, 3.63) is 12.7 Å². The summed E-state index contributed by atoms with van der Waals surface area (Å²) in [6, 6.07) is -0.275. The molecule has 0 spiro atoms. The highest BCUT2D eigenvalue weighted by Crippen LogP contribution is 2.23. The van der Waals surface area contributed by atoms with Gasteiger partial charge in [0.25, 0.3) is 0 Å². The van der Waals surface area contributed by atoms with E-state index in [0.29, 0.717) is 0 Å². The molecule has 1 heterocycles. The van der Waals surface area contributed by atoms with Crippen LogP contribution in [0.2, 0.25) is 0 Å². The van der Waals surface area contributed by atoms with Crippen LogP contribution in [0.15, 0.2) is 12.7 Å². The van der Waals surface area contributed by atoms with Crippen LogP contribution >= 0.6 is 0 Å². The second kappa shape index (κ2) is 2.70. The molecular weight excluding hydrogens is 130 g/mol. The summed E-state index contributed by atoms with van der Waals surface area (Å²) in [6.45, 7) is 5.51. The molecule has 0 amide bonds. The fourth-order valence-corrected chi connectivity index (χ4v) is 1.12. The highest BCUT2D eigenvalue weighted by molar-refractivity contribution is 4.95. The first-order chi connectivity index (χ1) is 4.66. The molecule has 1 aliphatic rings. The van der Waals surface area contributed by atoms with Crippen LogP contribution in [0.25, 0.3) is 0 Å². The molecule has 1 fully saturated rings. The normalized spacial score (nSPS) is 47.5. The van der Waals surface area contributed by atoms with E-state index in [1.165, 1.54) is 0 Å². The van der Waals surface area contributed by atoms with Gasteiger partial charge in [0.15, 0.2) is 6.29 Å². The van der Waals surface area contributed by atoms with Crippen molar-refractivity contribution in [1.29, 1.82) is 0 Å². The van der Waals surface area contributed by atoms with E-state index in [-0.39, 0.29) is 18.1 Å². The van der Waals surface area contributed by atoms with Crippen molar-refractivity contribution in [2.24, 2.45) is 11.7 Å². The molecule has 3 N–H and O–H groups in total. The maximum absolute atomic E-state index is 9.07. The number of nitrogens with two attached hydrogens (primary N) is 1. The van der Waals surface area contributed by atoms with Crippen LogP contribution in [-0.4, -0.2) is 23.5 Å². The molecule has 0 bridgehead atoms. The zero-order valence-corrected chi connectivity index (χ0v) is 6.03. The summed E-state index contributed by atoms with van der Waals surface area (Å²) in [5.74, 6) is 0.160. The zero-order chi connectivity index (χ0) is 7.72. The Hall–Kier alpha value is -0.380. The summed E-state index contributed by atoms with van der Waals surface area (Å²) in [5, 5.41) is 9.07. The fourth-order valence-electron chi connectivity index (χ4n) is 1.12. The van der Waals surface area contributed by atoms with Crippen LogP contribution in [0.1, 0.15) is 6.92 Å². The maximum Gasteiger partial charge on any atom is 0.170 e. The molecule has 0 radical (unpaired) electrons. The second-order valence-electron chi connectivity index (χ2n) is 2.66. The minimum atomic E-state index is -0.821. The zero-order valence-electron chi connectivity index (χ0n) is 6.03. The lowest BCUT2D eigenvalue weighted by Gasteiger charge is -2.10. The van der Waals surface area contributed by atoms with Gasteiger partial charge in [0.2, 0.25) is 0 Å². The van der Waals surface area contributed by atoms with E-state index in [4.69, 9.17) is 15.6 Å². The van der Waals surface area contributed by atoms with Gasteiger partial charge in [-0.2, -0.15) is 0 Å². The van der Waals surface area contributed by atoms with Gasteiger partial charge in [-0.3, -0.25) is 0 Å². The van der Waals surface area contributed by atoms with Gasteiger partial charge in [-0.1, -0.05) is 13.0 Å². The topological polar surface area (TPSA) is 55.5 Å². The predicted molar refractivity (Wildman–Crippen MR) is 38.2 cm³/mol. The lowest BCUT2D eigenvalue weighted by atomic mass is 10.00. The molecule has 2 unspecified atom stereocenters. The summed E-state index contributed by atoms with van der Waals surface area (Å²) in [4.78, 5) is 0. The quantitative estimate of drug-likeness (QED) is 0.502. The van der Waals surface area contributed by atoms with Gasteiger partial charge in [-0.25, -0.2) is 0 Å². The number of rotatable bonds is 1. The largest absolute Gasteiger partial charge is 0.367 e. The highest BCUT2D eigenvalue weighted by atomic mass is 16.6. The molecular formula is C7H13NO2. The lowest BCUT2D eigenvalue weighted by Crippen LogP contribution is -2.34. The number of ether oxygens (including phenoxy) is 1. The smallest absolute Gasteiger partial charge is 0.170 e. The van der Waals surface area contributed by atoms with Crippen molar-refractivity contribution in [3.8, 4) is 0 Å². The van der Waals surface area contributed by atoms with Gasteiger partial charge < -0.3 is 15.6 Å². The van der Waals surface area contributed by atoms with Crippen molar-refractivity contribution in [3.63, 3.8) is 0 Å². The van der Waals surface area contributed by atoms with E-state index in [2.05, 4.69) is 6.58 Å². The molecule has 0 aromatic carbocycles. The Labute approximate surface area is 60.5 Å². The Morgan fingerprint density at radius 2 is 2.30 bits per heavy atom. The third-order valence-corrected chi connectivity index (χ3v) is 1.98. The summed E-state index contributed by atoms with van der Waals surface area (Å²) in [7, 11) is 0. The molecule has 0 aliphatic carbocycles. The molecule has 0 aromatic rings. The first-order valence-corrected chi connectivity index (χ1v) is 3.38. The summed E-state index contributed by atoms with van der Waals surface area (Å²) in [5.41, 5.74) is 5.56. The second-order valence-corrected chi connectivity index (χ2v) is 2.66. The van der Waals surface area contributed by atoms with E-state index >= 15 is 0 Å². The monoisotopic (exact) mass is 143 g/mol. The molecule has 3 heteroatoms. The molecule has 10 heavy (non-hydrogen) atoms. The van der Waals surface area contributed by atoms with Crippen LogP contribution in [0.5, 0.6) is 0 Å². The molecule has 1 aliphatic heterocycles. The minimum Gasteiger partial charge on any atom is -0.367 e. The lowest BCUT2D eigenvalue weighted by molar-refractivity contribution is -0.0844. The predicted octanol–water partition coefficient (Wildman–Crippen LogP) is -0.147. The van der Waals surface area contributed by atoms with Gasteiger partial charge in [0.1, 0.15) is 0 Å². The van der Waals surface area contributed by atoms with Gasteiger partial charge in [0.05, 0.1) is 12.1 Å². The Kier molecular flexibility index (Phi) is 2.08. The van der Waals surface area contributed by atoms with Gasteiger partial charge in [-0.15, -0.1) is 6.58 Å². The molecule has 58 valence electrons. The molecule has 1 saturated heterocycles. The number of hydrogen-bond acceptors (Lipinski definition) is 3. The van der Waals surface area contributed by atoms with Crippen LogP contribution < -0.4 is 5.73 Å². The first-order valence-electron chi connectivity index (χ1n) is 3.38. The maximum atomic E-state index is 9.07. The van der Waals surface area contributed by atoms with E-state index in [9.17, 15) is 0 Å². The van der Waals surface area contributed by atoms with Crippen LogP contribution in [0, 0.1) is 5.92 Å². The van der Waals surface area contributed by atoms with Crippen LogP contribution in [0.3, 0.4) is 0 Å². The molecule has 0 saturated carbocycles. The molecule has 1 rings (SSSR count). The Morgan fingerprint density at radius 3 is 2.50 bits per heavy atom. The van der Waals surface area contributed by atoms with Gasteiger partial charge in [-0.05, 0) is 0 Å². The van der Waals surface area contributed by atoms with E-state index in [1.54, 1.807) is 6.08 Å². The fraction of sp³-hybridized carbons (Fsp3) is 0.714. The summed E-state index contributed by atoms with van der Waals surface area (Å²) < 4.78 is 5.05. The first kappa shape index (κ1) is 7.72. The van der Waals surface area contributed by atoms with Gasteiger partial charge >= 0.3 is 0 Å². The molecule has 0 aromatic heterocycles. The average molecular weight is 143 g/mol. The number of hydrogen-bond donors (Lipinski definition) is 2. The third kappa shape index (κ3) is 1.08. The van der Waals surface area contributed by atoms with Crippen molar-refractivity contribution >= 4 is 0 Å². The van der Waals surface area contributed by atoms with E-state index in [1.807, 2.05) is 6.92 Å². The highest BCUT2D eigenvalue weighted by Gasteiger charge is 2.36. The number of aliphatic hydroxyl groups is 1. The summed E-state index contributed by atoms with van der Waals surface area (Å²) >= 11 is 0. The van der Waals surface area contributed by atoms with Crippen molar-refractivity contribution in [2.45, 2.75) is 25.4 Å². The van der Waals surface area contributed by atoms with Crippen LogP contribution in [-0.2, 0) is 4.74 Å². The number of aliphatic hydroxyl groups excluding tert-OH is 1.